The van der Waals surface area contributed by atoms with E-state index >= 15 is 0 Å². The van der Waals surface area contributed by atoms with Crippen molar-refractivity contribution in [3.8, 4) is 0 Å². The van der Waals surface area contributed by atoms with Crippen molar-refractivity contribution in [1.82, 2.24) is 10.6 Å². The second kappa shape index (κ2) is 5.86. The van der Waals surface area contributed by atoms with Crippen LogP contribution in [-0.4, -0.2) is 18.6 Å². The highest BCUT2D eigenvalue weighted by Gasteiger charge is 2.29. The van der Waals surface area contributed by atoms with Gasteiger partial charge in [0.15, 0.2) is 0 Å². The summed E-state index contributed by atoms with van der Waals surface area (Å²) in [6.07, 6.45) is 6.10. The SMILES string of the molecule is CC(NC(=O)NCC1CCCc2ccccc21)C1CC1. The minimum Gasteiger partial charge on any atom is -0.338 e. The van der Waals surface area contributed by atoms with Crippen molar-refractivity contribution in [1.29, 1.82) is 0 Å². The molecule has 2 N–H and O–H groups in total. The third-order valence-electron chi connectivity index (χ3n) is 4.69. The molecular formula is C17H24N2O. The van der Waals surface area contributed by atoms with E-state index in [1.54, 1.807) is 0 Å². The lowest BCUT2D eigenvalue weighted by molar-refractivity contribution is 0.235. The maximum Gasteiger partial charge on any atom is 0.315 e. The molecule has 1 fully saturated rings. The predicted octanol–water partition coefficient (Wildman–Crippen LogP) is 3.20. The lowest BCUT2D eigenvalue weighted by atomic mass is 9.83. The first-order chi connectivity index (χ1) is 9.74. The molecule has 3 rings (SSSR count). The summed E-state index contributed by atoms with van der Waals surface area (Å²) in [5, 5.41) is 6.11. The van der Waals surface area contributed by atoms with Gasteiger partial charge in [0, 0.05) is 18.5 Å². The van der Waals surface area contributed by atoms with E-state index in [1.165, 1.54) is 43.2 Å². The Balaban J connectivity index is 1.52. The Morgan fingerprint density at radius 2 is 2.10 bits per heavy atom. The van der Waals surface area contributed by atoms with Crippen LogP contribution in [-0.2, 0) is 6.42 Å². The molecule has 0 spiro atoms. The summed E-state index contributed by atoms with van der Waals surface area (Å²) in [7, 11) is 0. The standard InChI is InChI=1S/C17H24N2O/c1-12(13-9-10-13)19-17(20)18-11-15-7-4-6-14-5-2-3-8-16(14)15/h2-3,5,8,12-13,15H,4,6-7,9-11H2,1H3,(H2,18,19,20). The van der Waals surface area contributed by atoms with Gasteiger partial charge in [-0.1, -0.05) is 24.3 Å². The molecule has 108 valence electrons. The average molecular weight is 272 g/mol. The molecule has 3 heteroatoms. The van der Waals surface area contributed by atoms with Crippen molar-refractivity contribution in [2.24, 2.45) is 5.92 Å². The Bertz CT molecular complexity index is 482. The number of fused-ring (bicyclic) bond motifs is 1. The molecular weight excluding hydrogens is 248 g/mol. The van der Waals surface area contributed by atoms with E-state index in [1.807, 2.05) is 0 Å². The fourth-order valence-corrected chi connectivity index (χ4v) is 3.25. The van der Waals surface area contributed by atoms with Gasteiger partial charge in [-0.25, -0.2) is 4.79 Å². The number of amides is 2. The Kier molecular flexibility index (Phi) is 3.95. The van der Waals surface area contributed by atoms with Crippen molar-refractivity contribution in [2.45, 2.75) is 51.0 Å². The Labute approximate surface area is 121 Å². The molecule has 0 radical (unpaired) electrons. The molecule has 0 heterocycles. The van der Waals surface area contributed by atoms with Crippen LogP contribution in [0.15, 0.2) is 24.3 Å². The number of carbonyl (C=O) groups excluding carboxylic acids is 1. The fourth-order valence-electron chi connectivity index (χ4n) is 3.25. The first-order valence-electron chi connectivity index (χ1n) is 7.86. The van der Waals surface area contributed by atoms with Crippen LogP contribution < -0.4 is 10.6 Å². The van der Waals surface area contributed by atoms with E-state index in [0.717, 1.165) is 6.54 Å². The Hall–Kier alpha value is -1.51. The Morgan fingerprint density at radius 3 is 2.90 bits per heavy atom. The number of benzene rings is 1. The first kappa shape index (κ1) is 13.5. The minimum atomic E-state index is -0.00699. The summed E-state index contributed by atoms with van der Waals surface area (Å²) >= 11 is 0. The fraction of sp³-hybridized carbons (Fsp3) is 0.588. The summed E-state index contributed by atoms with van der Waals surface area (Å²) in [4.78, 5) is 11.9. The zero-order valence-electron chi connectivity index (χ0n) is 12.2. The molecule has 2 aliphatic rings. The van der Waals surface area contributed by atoms with Gasteiger partial charge in [0.1, 0.15) is 0 Å². The smallest absolute Gasteiger partial charge is 0.315 e. The largest absolute Gasteiger partial charge is 0.338 e. The molecule has 0 bridgehead atoms. The number of rotatable bonds is 4. The van der Waals surface area contributed by atoms with Crippen molar-refractivity contribution in [2.75, 3.05) is 6.54 Å². The lowest BCUT2D eigenvalue weighted by Crippen LogP contribution is -2.43. The molecule has 20 heavy (non-hydrogen) atoms. The van der Waals surface area contributed by atoms with Gasteiger partial charge in [0.2, 0.25) is 0 Å². The van der Waals surface area contributed by atoms with Gasteiger partial charge >= 0.3 is 6.03 Å². The third-order valence-corrected chi connectivity index (χ3v) is 4.69. The summed E-state index contributed by atoms with van der Waals surface area (Å²) in [5.41, 5.74) is 2.88. The predicted molar refractivity (Wildman–Crippen MR) is 80.8 cm³/mol. The van der Waals surface area contributed by atoms with Crippen LogP contribution in [0.2, 0.25) is 0 Å². The molecule has 1 saturated carbocycles. The van der Waals surface area contributed by atoms with Crippen LogP contribution in [0, 0.1) is 5.92 Å². The zero-order valence-corrected chi connectivity index (χ0v) is 12.2. The summed E-state index contributed by atoms with van der Waals surface area (Å²) in [5.74, 6) is 1.18. The molecule has 0 aliphatic heterocycles. The van der Waals surface area contributed by atoms with E-state index < -0.39 is 0 Å². The van der Waals surface area contributed by atoms with Crippen molar-refractivity contribution in [3.05, 3.63) is 35.4 Å². The van der Waals surface area contributed by atoms with Gasteiger partial charge in [0.05, 0.1) is 0 Å². The quantitative estimate of drug-likeness (QED) is 0.868. The monoisotopic (exact) mass is 272 g/mol. The zero-order chi connectivity index (χ0) is 13.9. The van der Waals surface area contributed by atoms with E-state index in [9.17, 15) is 4.79 Å². The van der Waals surface area contributed by atoms with Crippen molar-refractivity contribution < 1.29 is 4.79 Å². The van der Waals surface area contributed by atoms with Crippen LogP contribution in [0.4, 0.5) is 4.79 Å². The lowest BCUT2D eigenvalue weighted by Gasteiger charge is -2.26. The second-order valence-corrected chi connectivity index (χ2v) is 6.27. The second-order valence-electron chi connectivity index (χ2n) is 6.27. The molecule has 2 aliphatic carbocycles. The van der Waals surface area contributed by atoms with Gasteiger partial charge in [-0.15, -0.1) is 0 Å². The molecule has 1 aromatic rings. The topological polar surface area (TPSA) is 41.1 Å². The van der Waals surface area contributed by atoms with Crippen molar-refractivity contribution in [3.63, 3.8) is 0 Å². The number of carbonyl (C=O) groups is 1. The van der Waals surface area contributed by atoms with E-state index in [2.05, 4.69) is 41.8 Å². The summed E-state index contributed by atoms with van der Waals surface area (Å²) in [6, 6.07) is 8.95. The van der Waals surface area contributed by atoms with Gasteiger partial charge in [-0.3, -0.25) is 0 Å². The first-order valence-corrected chi connectivity index (χ1v) is 7.86. The van der Waals surface area contributed by atoms with Gasteiger partial charge < -0.3 is 10.6 Å². The highest BCUT2D eigenvalue weighted by molar-refractivity contribution is 5.74. The summed E-state index contributed by atoms with van der Waals surface area (Å²) < 4.78 is 0. The minimum absolute atomic E-state index is 0.00699. The highest BCUT2D eigenvalue weighted by Crippen LogP contribution is 2.32. The van der Waals surface area contributed by atoms with E-state index in [4.69, 9.17) is 0 Å². The van der Waals surface area contributed by atoms with Gasteiger partial charge in [-0.2, -0.15) is 0 Å². The molecule has 1 aromatic carbocycles. The van der Waals surface area contributed by atoms with Crippen LogP contribution in [0.1, 0.15) is 49.7 Å². The Morgan fingerprint density at radius 1 is 1.30 bits per heavy atom. The molecule has 0 saturated heterocycles. The van der Waals surface area contributed by atoms with Crippen LogP contribution in [0.5, 0.6) is 0 Å². The number of urea groups is 1. The van der Waals surface area contributed by atoms with Crippen LogP contribution in [0.3, 0.4) is 0 Å². The number of nitrogens with one attached hydrogen (secondary N) is 2. The number of hydrogen-bond donors (Lipinski definition) is 2. The molecule has 0 aromatic heterocycles. The van der Waals surface area contributed by atoms with Crippen LogP contribution in [0.25, 0.3) is 0 Å². The molecule has 3 nitrogen and oxygen atoms in total. The van der Waals surface area contributed by atoms with Crippen LogP contribution >= 0.6 is 0 Å². The normalized spacial score (nSPS) is 22.8. The highest BCUT2D eigenvalue weighted by atomic mass is 16.2. The summed E-state index contributed by atoms with van der Waals surface area (Å²) in [6.45, 7) is 2.85. The number of hydrogen-bond acceptors (Lipinski definition) is 1. The van der Waals surface area contributed by atoms with Crippen molar-refractivity contribution >= 4 is 6.03 Å². The van der Waals surface area contributed by atoms with Gasteiger partial charge in [-0.05, 0) is 56.1 Å². The maximum absolute atomic E-state index is 11.9. The van der Waals surface area contributed by atoms with Gasteiger partial charge in [0.25, 0.3) is 0 Å². The van der Waals surface area contributed by atoms with E-state index in [-0.39, 0.29) is 6.03 Å². The van der Waals surface area contributed by atoms with E-state index in [0.29, 0.717) is 17.9 Å². The molecule has 2 amide bonds. The third kappa shape index (κ3) is 3.14. The molecule has 2 atom stereocenters. The number of aryl methyl sites for hydroxylation is 1. The average Bonchev–Trinajstić information content (AvgIpc) is 3.29. The molecule has 2 unspecified atom stereocenters. The maximum atomic E-state index is 11.9.